The predicted molar refractivity (Wildman–Crippen MR) is 82.8 cm³/mol. The van der Waals surface area contributed by atoms with Crippen molar-refractivity contribution in [3.8, 4) is 0 Å². The Labute approximate surface area is 128 Å². The molecule has 1 saturated heterocycles. The number of aromatic nitrogens is 1. The number of carbonyl (C=O) groups is 1. The molecule has 5 heteroatoms. The Balaban J connectivity index is 1.61. The van der Waals surface area contributed by atoms with Gasteiger partial charge in [0.25, 0.3) is 0 Å². The lowest BCUT2D eigenvalue weighted by Crippen LogP contribution is -2.18. The summed E-state index contributed by atoms with van der Waals surface area (Å²) in [6, 6.07) is 8.57. The van der Waals surface area contributed by atoms with Crippen LogP contribution in [0.4, 0.5) is 0 Å². The van der Waals surface area contributed by atoms with Crippen molar-refractivity contribution in [2.24, 2.45) is 0 Å². The van der Waals surface area contributed by atoms with E-state index in [0.29, 0.717) is 6.42 Å². The van der Waals surface area contributed by atoms with E-state index < -0.39 is 5.97 Å². The number of thiazole rings is 1. The Hall–Kier alpha value is -1.72. The van der Waals surface area contributed by atoms with Gasteiger partial charge in [0.05, 0.1) is 5.01 Å². The Morgan fingerprint density at radius 2 is 1.86 bits per heavy atom. The second-order valence-corrected chi connectivity index (χ2v) is 6.35. The second-order valence-electron chi connectivity index (χ2n) is 5.41. The van der Waals surface area contributed by atoms with Gasteiger partial charge in [-0.1, -0.05) is 24.3 Å². The van der Waals surface area contributed by atoms with Crippen LogP contribution in [0.3, 0.4) is 0 Å². The highest BCUT2D eigenvalue weighted by molar-refractivity contribution is 7.09. The summed E-state index contributed by atoms with van der Waals surface area (Å²) in [6.45, 7) is 3.44. The quantitative estimate of drug-likeness (QED) is 0.922. The lowest BCUT2D eigenvalue weighted by atomic mass is 10.1. The molecule has 110 valence electrons. The first-order chi connectivity index (χ1) is 10.2. The molecule has 1 aromatic carbocycles. The maximum atomic E-state index is 10.8. The number of carboxylic acid groups (broad SMARTS) is 1. The van der Waals surface area contributed by atoms with Gasteiger partial charge >= 0.3 is 5.97 Å². The third kappa shape index (κ3) is 3.68. The molecule has 0 atom stereocenters. The van der Waals surface area contributed by atoms with Crippen molar-refractivity contribution in [2.45, 2.75) is 25.8 Å². The molecule has 1 N–H and O–H groups in total. The predicted octanol–water partition coefficient (Wildman–Crippen LogP) is 3.03. The summed E-state index contributed by atoms with van der Waals surface area (Å²) in [6.07, 6.45) is 3.32. The van der Waals surface area contributed by atoms with Crippen LogP contribution in [0.25, 0.3) is 0 Å². The van der Waals surface area contributed by atoms with E-state index >= 15 is 0 Å². The molecule has 1 aromatic heterocycles. The third-order valence-electron chi connectivity index (χ3n) is 3.75. The molecule has 21 heavy (non-hydrogen) atoms. The van der Waals surface area contributed by atoms with Gasteiger partial charge in [-0.2, -0.15) is 0 Å². The van der Waals surface area contributed by atoms with Gasteiger partial charge in [0, 0.05) is 18.3 Å². The fourth-order valence-corrected chi connectivity index (χ4v) is 3.43. The van der Waals surface area contributed by atoms with Gasteiger partial charge in [-0.25, -0.2) is 9.78 Å². The summed E-state index contributed by atoms with van der Waals surface area (Å²) in [5.41, 5.74) is 2.65. The molecule has 0 saturated carbocycles. The van der Waals surface area contributed by atoms with Crippen molar-refractivity contribution in [2.75, 3.05) is 13.1 Å². The van der Waals surface area contributed by atoms with Crippen LogP contribution in [-0.2, 0) is 13.0 Å². The molecule has 2 aromatic rings. The highest BCUT2D eigenvalue weighted by atomic mass is 32.1. The van der Waals surface area contributed by atoms with E-state index in [1.807, 2.05) is 0 Å². The maximum Gasteiger partial charge on any atom is 0.355 e. The van der Waals surface area contributed by atoms with Gasteiger partial charge in [0.2, 0.25) is 0 Å². The summed E-state index contributed by atoms with van der Waals surface area (Å²) in [4.78, 5) is 17.4. The zero-order valence-electron chi connectivity index (χ0n) is 11.8. The average molecular weight is 302 g/mol. The van der Waals surface area contributed by atoms with E-state index in [0.717, 1.165) is 11.6 Å². The summed E-state index contributed by atoms with van der Waals surface area (Å²) in [5.74, 6) is -0.960. The molecule has 1 fully saturated rings. The second kappa shape index (κ2) is 6.37. The molecule has 0 amide bonds. The number of aromatic carboxylic acids is 1. The van der Waals surface area contributed by atoms with Crippen LogP contribution in [-0.4, -0.2) is 34.0 Å². The molecular formula is C16H18N2O2S. The molecule has 1 aliphatic heterocycles. The van der Waals surface area contributed by atoms with Crippen molar-refractivity contribution in [3.05, 3.63) is 51.5 Å². The van der Waals surface area contributed by atoms with E-state index in [1.165, 1.54) is 48.4 Å². The van der Waals surface area contributed by atoms with E-state index in [1.54, 1.807) is 5.38 Å². The first-order valence-electron chi connectivity index (χ1n) is 7.18. The molecule has 0 bridgehead atoms. The molecule has 4 nitrogen and oxygen atoms in total. The van der Waals surface area contributed by atoms with Crippen molar-refractivity contribution >= 4 is 17.3 Å². The monoisotopic (exact) mass is 302 g/mol. The van der Waals surface area contributed by atoms with Crippen LogP contribution in [0.15, 0.2) is 29.6 Å². The van der Waals surface area contributed by atoms with Gasteiger partial charge in [-0.05, 0) is 37.1 Å². The Bertz CT molecular complexity index is 615. The summed E-state index contributed by atoms with van der Waals surface area (Å²) in [5, 5.41) is 11.3. The Morgan fingerprint density at radius 3 is 2.48 bits per heavy atom. The molecule has 2 heterocycles. The van der Waals surface area contributed by atoms with Crippen LogP contribution in [0.1, 0.15) is 39.5 Å². The number of nitrogens with zero attached hydrogens (tertiary/aromatic N) is 2. The molecule has 0 spiro atoms. The maximum absolute atomic E-state index is 10.8. The number of hydrogen-bond donors (Lipinski definition) is 1. The van der Waals surface area contributed by atoms with Crippen molar-refractivity contribution in [1.82, 2.24) is 9.88 Å². The highest BCUT2D eigenvalue weighted by Crippen LogP contribution is 2.17. The van der Waals surface area contributed by atoms with Crippen LogP contribution < -0.4 is 0 Å². The number of likely N-dealkylation sites (tertiary alicyclic amines) is 1. The molecule has 1 aliphatic rings. The Morgan fingerprint density at radius 1 is 1.19 bits per heavy atom. The summed E-state index contributed by atoms with van der Waals surface area (Å²) in [7, 11) is 0. The average Bonchev–Trinajstić information content (AvgIpc) is 3.12. The van der Waals surface area contributed by atoms with E-state index in [-0.39, 0.29) is 5.69 Å². The molecule has 0 aliphatic carbocycles. The Kier molecular flexibility index (Phi) is 4.31. The van der Waals surface area contributed by atoms with E-state index in [2.05, 4.69) is 34.1 Å². The lowest BCUT2D eigenvalue weighted by Gasteiger charge is -2.14. The lowest BCUT2D eigenvalue weighted by molar-refractivity contribution is 0.0691. The minimum atomic E-state index is -0.960. The van der Waals surface area contributed by atoms with Crippen molar-refractivity contribution in [1.29, 1.82) is 0 Å². The molecule has 0 radical (unpaired) electrons. The highest BCUT2D eigenvalue weighted by Gasteiger charge is 2.12. The minimum Gasteiger partial charge on any atom is -0.476 e. The van der Waals surface area contributed by atoms with Crippen molar-refractivity contribution in [3.63, 3.8) is 0 Å². The van der Waals surface area contributed by atoms with Crippen LogP contribution in [0.2, 0.25) is 0 Å². The zero-order chi connectivity index (χ0) is 14.7. The van der Waals surface area contributed by atoms with Gasteiger partial charge in [0.15, 0.2) is 5.69 Å². The third-order valence-corrected chi connectivity index (χ3v) is 4.60. The summed E-state index contributed by atoms with van der Waals surface area (Å²) >= 11 is 1.40. The van der Waals surface area contributed by atoms with Gasteiger partial charge in [-0.3, -0.25) is 4.90 Å². The molecule has 0 unspecified atom stereocenters. The van der Waals surface area contributed by atoms with Crippen LogP contribution in [0, 0.1) is 0 Å². The van der Waals surface area contributed by atoms with E-state index in [4.69, 9.17) is 5.11 Å². The van der Waals surface area contributed by atoms with E-state index in [9.17, 15) is 4.79 Å². The topological polar surface area (TPSA) is 53.4 Å². The van der Waals surface area contributed by atoms with Gasteiger partial charge < -0.3 is 5.11 Å². The standard InChI is InChI=1S/C16H18N2O2S/c19-16(20)14-11-21-15(17-14)9-12-3-5-13(6-4-12)10-18-7-1-2-8-18/h3-6,11H,1-2,7-10H2,(H,19,20). The van der Waals surface area contributed by atoms with Crippen LogP contribution in [0.5, 0.6) is 0 Å². The minimum absolute atomic E-state index is 0.139. The van der Waals surface area contributed by atoms with Crippen molar-refractivity contribution < 1.29 is 9.90 Å². The van der Waals surface area contributed by atoms with Crippen LogP contribution >= 0.6 is 11.3 Å². The van der Waals surface area contributed by atoms with Gasteiger partial charge in [-0.15, -0.1) is 11.3 Å². The number of hydrogen-bond acceptors (Lipinski definition) is 4. The normalized spacial score (nSPS) is 15.4. The largest absolute Gasteiger partial charge is 0.476 e. The first-order valence-corrected chi connectivity index (χ1v) is 8.06. The zero-order valence-corrected chi connectivity index (χ0v) is 12.6. The fraction of sp³-hybridized carbons (Fsp3) is 0.375. The summed E-state index contributed by atoms with van der Waals surface area (Å²) < 4.78 is 0. The SMILES string of the molecule is O=C(O)c1csc(Cc2ccc(CN3CCCC3)cc2)n1. The number of rotatable bonds is 5. The molecular weight excluding hydrogens is 284 g/mol. The molecule has 3 rings (SSSR count). The van der Waals surface area contributed by atoms with Gasteiger partial charge in [0.1, 0.15) is 0 Å². The first kappa shape index (κ1) is 14.2. The number of benzene rings is 1. The number of carboxylic acids is 1. The fourth-order valence-electron chi connectivity index (χ4n) is 2.63. The smallest absolute Gasteiger partial charge is 0.355 e.